The van der Waals surface area contributed by atoms with Gasteiger partial charge in [0.05, 0.1) is 6.61 Å². The Morgan fingerprint density at radius 2 is 2.04 bits per heavy atom. The van der Waals surface area contributed by atoms with Crippen LogP contribution in [0.1, 0.15) is 52.0 Å². The molecule has 1 aromatic heterocycles. The number of nitrogens with zero attached hydrogens (tertiary/aromatic N) is 3. The van der Waals surface area contributed by atoms with Crippen molar-refractivity contribution in [2.24, 2.45) is 0 Å². The molecule has 0 aliphatic heterocycles. The van der Waals surface area contributed by atoms with Crippen LogP contribution in [0.4, 0.5) is 5.95 Å². The Kier molecular flexibility index (Phi) is 6.28. The maximum atomic E-state index is 12.4. The topological polar surface area (TPSA) is 87.3 Å². The molecule has 1 aromatic carbocycles. The largest absolute Gasteiger partial charge is 0.463 e. The molecule has 0 amide bonds. The molecule has 0 radical (unpaired) electrons. The molecule has 0 saturated heterocycles. The minimum absolute atomic E-state index is 0.241. The highest BCUT2D eigenvalue weighted by Gasteiger charge is 2.33. The number of carbonyl (C=O) groups is 1. The maximum Gasteiger partial charge on any atom is 0.436 e. The molecular weight excluding hydrogens is 310 g/mol. The molecule has 1 atom stereocenters. The van der Waals surface area contributed by atoms with Crippen molar-refractivity contribution in [1.29, 1.82) is 0 Å². The van der Waals surface area contributed by atoms with Crippen LogP contribution in [0.3, 0.4) is 0 Å². The predicted molar refractivity (Wildman–Crippen MR) is 90.8 cm³/mol. The van der Waals surface area contributed by atoms with Gasteiger partial charge in [0.15, 0.2) is 11.6 Å². The number of hydrogen-bond acceptors (Lipinski definition) is 5. The van der Waals surface area contributed by atoms with Gasteiger partial charge in [0.25, 0.3) is 0 Å². The second kappa shape index (κ2) is 8.42. The van der Waals surface area contributed by atoms with E-state index >= 15 is 0 Å². The van der Waals surface area contributed by atoms with Gasteiger partial charge >= 0.3 is 11.9 Å². The standard InChI is InChI=1S/C17H23N3O4/c1-3-5-6-7-12-15(16(21)24-4-2)19-14-11-9-8-10-13(14)18-17(19)20(22)23/h8-11,15H,3-7,12H2,1-2H3/t15-/m0/s1. The van der Waals surface area contributed by atoms with E-state index in [4.69, 9.17) is 4.74 Å². The lowest BCUT2D eigenvalue weighted by Crippen LogP contribution is -2.23. The Labute approximate surface area is 140 Å². The van der Waals surface area contributed by atoms with Gasteiger partial charge < -0.3 is 14.9 Å². The number of aromatic nitrogens is 2. The zero-order valence-corrected chi connectivity index (χ0v) is 14.1. The van der Waals surface area contributed by atoms with E-state index in [1.807, 2.05) is 0 Å². The molecule has 7 nitrogen and oxygen atoms in total. The average Bonchev–Trinajstić information content (AvgIpc) is 2.95. The van der Waals surface area contributed by atoms with Crippen LogP contribution in [0.25, 0.3) is 11.0 Å². The summed E-state index contributed by atoms with van der Waals surface area (Å²) in [6.45, 7) is 4.08. The number of rotatable bonds is 9. The third-order valence-corrected chi connectivity index (χ3v) is 3.94. The van der Waals surface area contributed by atoms with Crippen LogP contribution in [0.5, 0.6) is 0 Å². The van der Waals surface area contributed by atoms with Gasteiger partial charge in [0.1, 0.15) is 5.52 Å². The zero-order valence-electron chi connectivity index (χ0n) is 14.1. The van der Waals surface area contributed by atoms with Gasteiger partial charge in [-0.2, -0.15) is 0 Å². The summed E-state index contributed by atoms with van der Waals surface area (Å²) in [7, 11) is 0. The molecule has 7 heteroatoms. The summed E-state index contributed by atoms with van der Waals surface area (Å²) in [6.07, 6.45) is 4.44. The predicted octanol–water partition coefficient (Wildman–Crippen LogP) is 4.02. The molecule has 0 bridgehead atoms. The van der Waals surface area contributed by atoms with Crippen LogP contribution in [-0.4, -0.2) is 27.1 Å². The minimum atomic E-state index is -0.727. The Balaban J connectivity index is 2.43. The molecule has 0 aliphatic carbocycles. The highest BCUT2D eigenvalue weighted by molar-refractivity contribution is 5.82. The van der Waals surface area contributed by atoms with Crippen molar-refractivity contribution in [3.63, 3.8) is 0 Å². The van der Waals surface area contributed by atoms with Crippen LogP contribution in [0, 0.1) is 10.1 Å². The Morgan fingerprint density at radius 3 is 2.71 bits per heavy atom. The van der Waals surface area contributed by atoms with Crippen molar-refractivity contribution < 1.29 is 14.5 Å². The minimum Gasteiger partial charge on any atom is -0.463 e. The lowest BCUT2D eigenvalue weighted by molar-refractivity contribution is -0.396. The summed E-state index contributed by atoms with van der Waals surface area (Å²) in [5.41, 5.74) is 1.09. The van der Waals surface area contributed by atoms with Crippen molar-refractivity contribution >= 4 is 23.0 Å². The van der Waals surface area contributed by atoms with Gasteiger partial charge in [-0.1, -0.05) is 43.3 Å². The van der Waals surface area contributed by atoms with Crippen LogP contribution in [0.2, 0.25) is 0 Å². The molecular formula is C17H23N3O4. The quantitative estimate of drug-likeness (QED) is 0.299. The number of para-hydroxylation sites is 2. The van der Waals surface area contributed by atoms with E-state index in [0.717, 1.165) is 25.7 Å². The number of unbranched alkanes of at least 4 members (excludes halogenated alkanes) is 3. The first-order chi connectivity index (χ1) is 11.6. The second-order valence-electron chi connectivity index (χ2n) is 5.64. The van der Waals surface area contributed by atoms with Gasteiger partial charge in [0.2, 0.25) is 0 Å². The normalized spacial score (nSPS) is 12.2. The van der Waals surface area contributed by atoms with Crippen LogP contribution in [-0.2, 0) is 9.53 Å². The summed E-state index contributed by atoms with van der Waals surface area (Å²) in [5, 5.41) is 11.4. The monoisotopic (exact) mass is 333 g/mol. The van der Waals surface area contributed by atoms with E-state index in [9.17, 15) is 14.9 Å². The lowest BCUT2D eigenvalue weighted by atomic mass is 10.1. The molecule has 0 spiro atoms. The van der Waals surface area contributed by atoms with Crippen molar-refractivity contribution in [3.8, 4) is 0 Å². The summed E-state index contributed by atoms with van der Waals surface area (Å²) >= 11 is 0. The average molecular weight is 333 g/mol. The van der Waals surface area contributed by atoms with Crippen LogP contribution >= 0.6 is 0 Å². The van der Waals surface area contributed by atoms with Gasteiger partial charge in [0, 0.05) is 0 Å². The second-order valence-corrected chi connectivity index (χ2v) is 5.64. The lowest BCUT2D eigenvalue weighted by Gasteiger charge is -2.15. The zero-order chi connectivity index (χ0) is 17.5. The molecule has 2 rings (SSSR count). The van der Waals surface area contributed by atoms with Crippen molar-refractivity contribution in [1.82, 2.24) is 9.55 Å². The highest BCUT2D eigenvalue weighted by atomic mass is 16.6. The number of carbonyl (C=O) groups excluding carboxylic acids is 1. The first-order valence-corrected chi connectivity index (χ1v) is 8.38. The summed E-state index contributed by atoms with van der Waals surface area (Å²) < 4.78 is 6.57. The summed E-state index contributed by atoms with van der Waals surface area (Å²) in [6, 6.07) is 6.27. The molecule has 0 aliphatic rings. The number of nitro groups is 1. The fraction of sp³-hybridized carbons (Fsp3) is 0.529. The molecule has 0 N–H and O–H groups in total. The third kappa shape index (κ3) is 3.90. The van der Waals surface area contributed by atoms with Gasteiger partial charge in [-0.3, -0.25) is 0 Å². The fourth-order valence-corrected chi connectivity index (χ4v) is 2.82. The van der Waals surface area contributed by atoms with E-state index in [1.165, 1.54) is 4.57 Å². The van der Waals surface area contributed by atoms with Crippen molar-refractivity contribution in [2.45, 2.75) is 52.0 Å². The van der Waals surface area contributed by atoms with Crippen LogP contribution in [0.15, 0.2) is 24.3 Å². The van der Waals surface area contributed by atoms with E-state index < -0.39 is 16.9 Å². The fourth-order valence-electron chi connectivity index (χ4n) is 2.82. The van der Waals surface area contributed by atoms with Crippen LogP contribution < -0.4 is 0 Å². The highest BCUT2D eigenvalue weighted by Crippen LogP contribution is 2.29. The van der Waals surface area contributed by atoms with Crippen molar-refractivity contribution in [2.75, 3.05) is 6.61 Å². The number of fused-ring (bicyclic) bond motifs is 1. The Morgan fingerprint density at radius 1 is 1.29 bits per heavy atom. The van der Waals surface area contributed by atoms with E-state index in [1.54, 1.807) is 31.2 Å². The molecule has 0 unspecified atom stereocenters. The molecule has 0 fully saturated rings. The number of benzene rings is 1. The molecule has 130 valence electrons. The van der Waals surface area contributed by atoms with Gasteiger partial charge in [-0.05, 0) is 36.8 Å². The Hall–Kier alpha value is -2.44. The Bertz CT molecular complexity index is 711. The molecule has 2 aromatic rings. The molecule has 24 heavy (non-hydrogen) atoms. The molecule has 0 saturated carbocycles. The maximum absolute atomic E-state index is 12.4. The summed E-state index contributed by atoms with van der Waals surface area (Å²) in [5.74, 6) is -0.759. The smallest absolute Gasteiger partial charge is 0.436 e. The number of esters is 1. The number of hydrogen-bond donors (Lipinski definition) is 0. The summed E-state index contributed by atoms with van der Waals surface area (Å²) in [4.78, 5) is 27.4. The third-order valence-electron chi connectivity index (χ3n) is 3.94. The SMILES string of the molecule is CCCCCC[C@@H](C(=O)OCC)n1c([N+](=O)[O-])nc2ccccc21. The number of imidazole rings is 1. The van der Waals surface area contributed by atoms with Crippen molar-refractivity contribution in [3.05, 3.63) is 34.4 Å². The van der Waals surface area contributed by atoms with E-state index in [-0.39, 0.29) is 12.6 Å². The number of ether oxygens (including phenoxy) is 1. The van der Waals surface area contributed by atoms with E-state index in [0.29, 0.717) is 17.5 Å². The first kappa shape index (κ1) is 17.9. The molecule has 1 heterocycles. The first-order valence-electron chi connectivity index (χ1n) is 8.38. The van der Waals surface area contributed by atoms with Gasteiger partial charge in [-0.15, -0.1) is 0 Å². The van der Waals surface area contributed by atoms with Gasteiger partial charge in [-0.25, -0.2) is 9.36 Å². The van der Waals surface area contributed by atoms with E-state index in [2.05, 4.69) is 11.9 Å².